The van der Waals surface area contributed by atoms with Crippen LogP contribution in [0.1, 0.15) is 45.0 Å². The molecule has 3 rings (SSSR count). The van der Waals surface area contributed by atoms with Gasteiger partial charge in [-0.2, -0.15) is 13.2 Å². The first-order valence-corrected chi connectivity index (χ1v) is 7.00. The Bertz CT molecular complexity index is 781. The minimum absolute atomic E-state index is 0.123. The lowest BCUT2D eigenvalue weighted by molar-refractivity contribution is -0.137. The van der Waals surface area contributed by atoms with Crippen molar-refractivity contribution in [1.29, 1.82) is 0 Å². The van der Waals surface area contributed by atoms with E-state index in [0.29, 0.717) is 24.0 Å². The van der Waals surface area contributed by atoms with E-state index in [1.807, 2.05) is 0 Å². The molecule has 0 saturated carbocycles. The van der Waals surface area contributed by atoms with Crippen molar-refractivity contribution in [3.8, 4) is 0 Å². The van der Waals surface area contributed by atoms with Crippen LogP contribution in [0, 0.1) is 5.82 Å². The normalized spacial score (nSPS) is 17.1. The van der Waals surface area contributed by atoms with E-state index in [-0.39, 0.29) is 11.1 Å². The zero-order valence-electron chi connectivity index (χ0n) is 11.8. The van der Waals surface area contributed by atoms with Crippen LogP contribution in [0.25, 0.3) is 0 Å². The molecule has 0 heterocycles. The van der Waals surface area contributed by atoms with Gasteiger partial charge in [0.25, 0.3) is 0 Å². The zero-order valence-corrected chi connectivity index (χ0v) is 11.8. The minimum atomic E-state index is -4.55. The summed E-state index contributed by atoms with van der Waals surface area (Å²) in [5.74, 6) is -2.16. The molecule has 0 aromatic heterocycles. The summed E-state index contributed by atoms with van der Waals surface area (Å²) in [5.41, 5.74) is 0.489. The molecule has 2 aromatic rings. The summed E-state index contributed by atoms with van der Waals surface area (Å²) < 4.78 is 52.1. The standard InChI is InChI=1S/C17H12F4O2/c18-11-3-6-12-9(7-11)1-4-13(12)15-8-10(17(19,20)21)2-5-14(15)16(22)23/h2-3,5-8,13H,1,4H2,(H,22,23). The van der Waals surface area contributed by atoms with Crippen molar-refractivity contribution in [3.63, 3.8) is 0 Å². The molecule has 2 nitrogen and oxygen atoms in total. The third-order valence-electron chi connectivity index (χ3n) is 4.17. The van der Waals surface area contributed by atoms with Crippen molar-refractivity contribution in [2.45, 2.75) is 24.9 Å². The Morgan fingerprint density at radius 2 is 1.83 bits per heavy atom. The molecule has 6 heteroatoms. The molecule has 1 N–H and O–H groups in total. The van der Waals surface area contributed by atoms with Gasteiger partial charge < -0.3 is 5.11 Å². The minimum Gasteiger partial charge on any atom is -0.478 e. The van der Waals surface area contributed by atoms with E-state index in [1.54, 1.807) is 0 Å². The predicted molar refractivity (Wildman–Crippen MR) is 75.0 cm³/mol. The van der Waals surface area contributed by atoms with E-state index in [9.17, 15) is 27.5 Å². The van der Waals surface area contributed by atoms with Crippen LogP contribution in [0.3, 0.4) is 0 Å². The maximum absolute atomic E-state index is 13.3. The molecule has 1 aliphatic carbocycles. The molecule has 2 aromatic carbocycles. The van der Waals surface area contributed by atoms with Gasteiger partial charge in [0.1, 0.15) is 5.82 Å². The van der Waals surface area contributed by atoms with Gasteiger partial charge in [-0.1, -0.05) is 6.07 Å². The SMILES string of the molecule is O=C(O)c1ccc(C(F)(F)F)cc1C1CCc2cc(F)ccc21. The number of carboxylic acids is 1. The Morgan fingerprint density at radius 1 is 1.09 bits per heavy atom. The van der Waals surface area contributed by atoms with Crippen molar-refractivity contribution >= 4 is 5.97 Å². The molecule has 23 heavy (non-hydrogen) atoms. The van der Waals surface area contributed by atoms with Crippen molar-refractivity contribution in [2.75, 3.05) is 0 Å². The van der Waals surface area contributed by atoms with Crippen LogP contribution in [0.15, 0.2) is 36.4 Å². The zero-order chi connectivity index (χ0) is 16.8. The molecule has 0 radical (unpaired) electrons. The fourth-order valence-corrected chi connectivity index (χ4v) is 3.13. The van der Waals surface area contributed by atoms with Crippen LogP contribution in [0.4, 0.5) is 17.6 Å². The molecule has 0 bridgehead atoms. The number of aryl methyl sites for hydroxylation is 1. The topological polar surface area (TPSA) is 37.3 Å². The maximum atomic E-state index is 13.3. The lowest BCUT2D eigenvalue weighted by atomic mass is 9.88. The van der Waals surface area contributed by atoms with Gasteiger partial charge in [0.05, 0.1) is 11.1 Å². The van der Waals surface area contributed by atoms with E-state index < -0.39 is 29.4 Å². The smallest absolute Gasteiger partial charge is 0.416 e. The molecule has 1 atom stereocenters. The highest BCUT2D eigenvalue weighted by molar-refractivity contribution is 5.90. The van der Waals surface area contributed by atoms with Gasteiger partial charge in [-0.05, 0) is 59.9 Å². The Balaban J connectivity index is 2.14. The van der Waals surface area contributed by atoms with Gasteiger partial charge in [-0.25, -0.2) is 9.18 Å². The summed E-state index contributed by atoms with van der Waals surface area (Å²) >= 11 is 0. The van der Waals surface area contributed by atoms with Gasteiger partial charge in [0, 0.05) is 5.92 Å². The Morgan fingerprint density at radius 3 is 2.48 bits per heavy atom. The van der Waals surface area contributed by atoms with Crippen molar-refractivity contribution in [2.24, 2.45) is 0 Å². The lowest BCUT2D eigenvalue weighted by Crippen LogP contribution is -2.11. The third kappa shape index (κ3) is 2.81. The summed E-state index contributed by atoms with van der Waals surface area (Å²) in [4.78, 5) is 11.4. The van der Waals surface area contributed by atoms with Gasteiger partial charge in [0.15, 0.2) is 0 Å². The largest absolute Gasteiger partial charge is 0.478 e. The number of hydrogen-bond donors (Lipinski definition) is 1. The molecule has 1 aliphatic rings. The number of hydrogen-bond acceptors (Lipinski definition) is 1. The Hall–Kier alpha value is -2.37. The van der Waals surface area contributed by atoms with Gasteiger partial charge >= 0.3 is 12.1 Å². The fraction of sp³-hybridized carbons (Fsp3) is 0.235. The molecule has 120 valence electrons. The van der Waals surface area contributed by atoms with E-state index in [4.69, 9.17) is 0 Å². The van der Waals surface area contributed by atoms with Crippen LogP contribution < -0.4 is 0 Å². The number of carbonyl (C=O) groups is 1. The quantitative estimate of drug-likeness (QED) is 0.818. The molecule has 0 spiro atoms. The number of benzene rings is 2. The summed E-state index contributed by atoms with van der Waals surface area (Å²) in [7, 11) is 0. The highest BCUT2D eigenvalue weighted by Crippen LogP contribution is 2.41. The Kier molecular flexibility index (Phi) is 3.62. The number of aromatic carboxylic acids is 1. The molecule has 1 unspecified atom stereocenters. The van der Waals surface area contributed by atoms with Crippen LogP contribution in [-0.2, 0) is 12.6 Å². The first-order chi connectivity index (χ1) is 10.8. The molecule has 0 amide bonds. The van der Waals surface area contributed by atoms with Crippen LogP contribution in [-0.4, -0.2) is 11.1 Å². The fourth-order valence-electron chi connectivity index (χ4n) is 3.13. The second kappa shape index (κ2) is 5.37. The number of carboxylic acid groups (broad SMARTS) is 1. The van der Waals surface area contributed by atoms with E-state index in [0.717, 1.165) is 18.2 Å². The first kappa shape index (κ1) is 15.5. The highest BCUT2D eigenvalue weighted by Gasteiger charge is 2.34. The van der Waals surface area contributed by atoms with E-state index in [2.05, 4.69) is 0 Å². The third-order valence-corrected chi connectivity index (χ3v) is 4.17. The van der Waals surface area contributed by atoms with Gasteiger partial charge in [-0.15, -0.1) is 0 Å². The molecule has 0 fully saturated rings. The summed E-state index contributed by atoms with van der Waals surface area (Å²) in [6.07, 6.45) is -3.58. The maximum Gasteiger partial charge on any atom is 0.416 e. The van der Waals surface area contributed by atoms with Gasteiger partial charge in [-0.3, -0.25) is 0 Å². The molecule has 0 saturated heterocycles. The number of rotatable bonds is 2. The summed E-state index contributed by atoms with van der Waals surface area (Å²) in [6.45, 7) is 0. The average Bonchev–Trinajstić information content (AvgIpc) is 2.88. The monoisotopic (exact) mass is 324 g/mol. The molecule has 0 aliphatic heterocycles. The van der Waals surface area contributed by atoms with Crippen LogP contribution in [0.2, 0.25) is 0 Å². The van der Waals surface area contributed by atoms with Crippen molar-refractivity contribution in [1.82, 2.24) is 0 Å². The Labute approximate surface area is 129 Å². The number of fused-ring (bicyclic) bond motifs is 1. The average molecular weight is 324 g/mol. The van der Waals surface area contributed by atoms with Crippen molar-refractivity contribution < 1.29 is 27.5 Å². The second-order valence-electron chi connectivity index (χ2n) is 5.54. The van der Waals surface area contributed by atoms with Crippen molar-refractivity contribution in [3.05, 3.63) is 70.0 Å². The second-order valence-corrected chi connectivity index (χ2v) is 5.54. The first-order valence-electron chi connectivity index (χ1n) is 7.00. The molecular formula is C17H12F4O2. The van der Waals surface area contributed by atoms with E-state index >= 15 is 0 Å². The summed E-state index contributed by atoms with van der Waals surface area (Å²) in [5, 5.41) is 9.27. The van der Waals surface area contributed by atoms with E-state index in [1.165, 1.54) is 18.2 Å². The molecular weight excluding hydrogens is 312 g/mol. The number of alkyl halides is 3. The van der Waals surface area contributed by atoms with Crippen LogP contribution in [0.5, 0.6) is 0 Å². The predicted octanol–water partition coefficient (Wildman–Crippen LogP) is 4.62. The lowest BCUT2D eigenvalue weighted by Gasteiger charge is -2.17. The van der Waals surface area contributed by atoms with Gasteiger partial charge in [0.2, 0.25) is 0 Å². The number of halogens is 4. The highest BCUT2D eigenvalue weighted by atomic mass is 19.4. The van der Waals surface area contributed by atoms with Crippen LogP contribution >= 0.6 is 0 Å². The summed E-state index contributed by atoms with van der Waals surface area (Å²) in [6, 6.07) is 6.77.